The van der Waals surface area contributed by atoms with Gasteiger partial charge in [-0.15, -0.1) is 10.2 Å². The van der Waals surface area contributed by atoms with E-state index in [4.69, 9.17) is 0 Å². The van der Waals surface area contributed by atoms with Crippen LogP contribution in [-0.2, 0) is 16.4 Å². The summed E-state index contributed by atoms with van der Waals surface area (Å²) in [6.07, 6.45) is 0.810. The van der Waals surface area contributed by atoms with E-state index in [1.807, 2.05) is 0 Å². The maximum Gasteiger partial charge on any atom is 0.257 e. The van der Waals surface area contributed by atoms with E-state index < -0.39 is 10.0 Å². The van der Waals surface area contributed by atoms with Crippen molar-refractivity contribution in [2.75, 3.05) is 19.4 Å². The summed E-state index contributed by atoms with van der Waals surface area (Å²) in [4.78, 5) is 12.3. The number of rotatable bonds is 6. The third kappa shape index (κ3) is 4.37. The first kappa shape index (κ1) is 18.5. The molecule has 1 aromatic carbocycles. The predicted molar refractivity (Wildman–Crippen MR) is 93.7 cm³/mol. The Morgan fingerprint density at radius 3 is 2.38 bits per heavy atom. The van der Waals surface area contributed by atoms with Gasteiger partial charge in [-0.2, -0.15) is 0 Å². The van der Waals surface area contributed by atoms with Crippen molar-refractivity contribution in [1.29, 1.82) is 0 Å². The minimum atomic E-state index is -3.51. The summed E-state index contributed by atoms with van der Waals surface area (Å²) in [6.45, 7) is 4.17. The van der Waals surface area contributed by atoms with Gasteiger partial charge in [0.15, 0.2) is 0 Å². The molecule has 7 nitrogen and oxygen atoms in total. The first-order valence-electron chi connectivity index (χ1n) is 7.36. The van der Waals surface area contributed by atoms with Crippen LogP contribution in [0.4, 0.5) is 5.13 Å². The molecule has 0 saturated heterocycles. The number of benzene rings is 1. The van der Waals surface area contributed by atoms with Crippen LogP contribution in [-0.4, -0.2) is 42.9 Å². The highest BCUT2D eigenvalue weighted by Gasteiger charge is 2.18. The summed E-state index contributed by atoms with van der Waals surface area (Å²) in [5, 5.41) is 12.0. The number of aromatic nitrogens is 2. The van der Waals surface area contributed by atoms with Gasteiger partial charge >= 0.3 is 0 Å². The number of carbonyl (C=O) groups excluding carboxylic acids is 1. The fraction of sp³-hybridized carbons (Fsp3) is 0.400. The zero-order valence-corrected chi connectivity index (χ0v) is 15.6. The van der Waals surface area contributed by atoms with E-state index in [0.29, 0.717) is 16.6 Å². The van der Waals surface area contributed by atoms with Gasteiger partial charge in [-0.3, -0.25) is 10.1 Å². The molecule has 2 rings (SSSR count). The molecule has 1 N–H and O–H groups in total. The van der Waals surface area contributed by atoms with Crippen LogP contribution >= 0.6 is 11.3 Å². The number of carbonyl (C=O) groups is 1. The van der Waals surface area contributed by atoms with Crippen molar-refractivity contribution in [2.24, 2.45) is 5.92 Å². The Labute approximate surface area is 145 Å². The first-order valence-corrected chi connectivity index (χ1v) is 9.62. The normalized spacial score (nSPS) is 11.9. The SMILES string of the molecule is CC(C)Cc1nnc(NC(=O)c2ccc(S(=O)(=O)N(C)C)cc2)s1. The van der Waals surface area contributed by atoms with Crippen LogP contribution in [0.3, 0.4) is 0 Å². The van der Waals surface area contributed by atoms with Gasteiger partial charge in [0.2, 0.25) is 15.2 Å². The lowest BCUT2D eigenvalue weighted by molar-refractivity contribution is 0.102. The number of nitrogens with one attached hydrogen (secondary N) is 1. The van der Waals surface area contributed by atoms with E-state index in [1.54, 1.807) is 0 Å². The Balaban J connectivity index is 2.09. The van der Waals surface area contributed by atoms with Crippen molar-refractivity contribution in [3.05, 3.63) is 34.8 Å². The third-order valence-electron chi connectivity index (χ3n) is 3.17. The van der Waals surface area contributed by atoms with E-state index >= 15 is 0 Å². The van der Waals surface area contributed by atoms with E-state index in [1.165, 1.54) is 49.7 Å². The van der Waals surface area contributed by atoms with Crippen LogP contribution in [0, 0.1) is 5.92 Å². The average Bonchev–Trinajstić information content (AvgIpc) is 2.93. The quantitative estimate of drug-likeness (QED) is 0.844. The Hall–Kier alpha value is -1.84. The Kier molecular flexibility index (Phi) is 5.68. The molecule has 0 atom stereocenters. The van der Waals surface area contributed by atoms with Crippen molar-refractivity contribution in [1.82, 2.24) is 14.5 Å². The number of anilines is 1. The molecule has 1 aromatic heterocycles. The largest absolute Gasteiger partial charge is 0.296 e. The zero-order chi connectivity index (χ0) is 17.9. The summed E-state index contributed by atoms with van der Waals surface area (Å²) >= 11 is 1.34. The van der Waals surface area contributed by atoms with Gasteiger partial charge in [0, 0.05) is 26.1 Å². The van der Waals surface area contributed by atoms with Crippen molar-refractivity contribution < 1.29 is 13.2 Å². The van der Waals surface area contributed by atoms with Gasteiger partial charge in [0.05, 0.1) is 4.90 Å². The number of hydrogen-bond acceptors (Lipinski definition) is 6. The van der Waals surface area contributed by atoms with Crippen molar-refractivity contribution >= 4 is 32.4 Å². The van der Waals surface area contributed by atoms with Gasteiger partial charge in [0.25, 0.3) is 5.91 Å². The minimum Gasteiger partial charge on any atom is -0.296 e. The maximum atomic E-state index is 12.2. The minimum absolute atomic E-state index is 0.138. The van der Waals surface area contributed by atoms with Crippen molar-refractivity contribution in [3.8, 4) is 0 Å². The topological polar surface area (TPSA) is 92.3 Å². The number of nitrogens with zero attached hydrogens (tertiary/aromatic N) is 3. The summed E-state index contributed by atoms with van der Waals surface area (Å²) in [5.74, 6) is 0.115. The van der Waals surface area contributed by atoms with Crippen LogP contribution in [0.1, 0.15) is 29.2 Å². The van der Waals surface area contributed by atoms with Gasteiger partial charge in [0.1, 0.15) is 5.01 Å². The van der Waals surface area contributed by atoms with E-state index in [0.717, 1.165) is 15.7 Å². The smallest absolute Gasteiger partial charge is 0.257 e. The summed E-state index contributed by atoms with van der Waals surface area (Å²) in [5.41, 5.74) is 0.355. The Morgan fingerprint density at radius 2 is 1.83 bits per heavy atom. The van der Waals surface area contributed by atoms with E-state index in [2.05, 4.69) is 29.4 Å². The van der Waals surface area contributed by atoms with Crippen LogP contribution in [0.2, 0.25) is 0 Å². The summed E-state index contributed by atoms with van der Waals surface area (Å²) < 4.78 is 25.1. The van der Waals surface area contributed by atoms with Gasteiger partial charge in [-0.25, -0.2) is 12.7 Å². The monoisotopic (exact) mass is 368 g/mol. The molecule has 1 amide bonds. The van der Waals surface area contributed by atoms with Gasteiger partial charge < -0.3 is 0 Å². The number of amides is 1. The average molecular weight is 368 g/mol. The van der Waals surface area contributed by atoms with Crippen LogP contribution in [0.15, 0.2) is 29.2 Å². The molecule has 0 aliphatic rings. The standard InChI is InChI=1S/C15H20N4O3S2/c1-10(2)9-13-17-18-15(23-13)16-14(20)11-5-7-12(8-6-11)24(21,22)19(3)4/h5-8,10H,9H2,1-4H3,(H,16,18,20). The molecule has 0 bridgehead atoms. The zero-order valence-electron chi connectivity index (χ0n) is 14.0. The first-order chi connectivity index (χ1) is 11.2. The van der Waals surface area contributed by atoms with E-state index in [-0.39, 0.29) is 10.8 Å². The van der Waals surface area contributed by atoms with Crippen LogP contribution < -0.4 is 5.32 Å². The second kappa shape index (κ2) is 7.37. The summed E-state index contributed by atoms with van der Waals surface area (Å²) in [7, 11) is -0.588. The molecule has 130 valence electrons. The van der Waals surface area contributed by atoms with Crippen molar-refractivity contribution in [3.63, 3.8) is 0 Å². The summed E-state index contributed by atoms with van der Waals surface area (Å²) in [6, 6.07) is 5.77. The van der Waals surface area contributed by atoms with E-state index in [9.17, 15) is 13.2 Å². The molecule has 2 aromatic rings. The second-order valence-corrected chi connectivity index (χ2v) is 9.08. The lowest BCUT2D eigenvalue weighted by atomic mass is 10.1. The Bertz CT molecular complexity index is 811. The van der Waals surface area contributed by atoms with Gasteiger partial charge in [-0.05, 0) is 30.2 Å². The molecule has 24 heavy (non-hydrogen) atoms. The molecular weight excluding hydrogens is 348 g/mol. The van der Waals surface area contributed by atoms with Gasteiger partial charge in [-0.1, -0.05) is 25.2 Å². The maximum absolute atomic E-state index is 12.2. The molecular formula is C15H20N4O3S2. The lowest BCUT2D eigenvalue weighted by Crippen LogP contribution is -2.22. The predicted octanol–water partition coefficient (Wildman–Crippen LogP) is 2.24. The molecule has 0 aliphatic carbocycles. The highest BCUT2D eigenvalue weighted by molar-refractivity contribution is 7.89. The number of hydrogen-bond donors (Lipinski definition) is 1. The molecule has 0 unspecified atom stereocenters. The molecule has 1 heterocycles. The fourth-order valence-corrected chi connectivity index (χ4v) is 3.74. The molecule has 0 radical (unpaired) electrons. The van der Waals surface area contributed by atoms with Crippen molar-refractivity contribution in [2.45, 2.75) is 25.2 Å². The highest BCUT2D eigenvalue weighted by atomic mass is 32.2. The number of sulfonamides is 1. The molecule has 0 spiro atoms. The third-order valence-corrected chi connectivity index (χ3v) is 5.86. The molecule has 0 aliphatic heterocycles. The highest BCUT2D eigenvalue weighted by Crippen LogP contribution is 2.20. The fourth-order valence-electron chi connectivity index (χ4n) is 1.89. The second-order valence-electron chi connectivity index (χ2n) is 5.86. The molecule has 0 fully saturated rings. The van der Waals surface area contributed by atoms with Crippen LogP contribution in [0.25, 0.3) is 0 Å². The molecule has 9 heteroatoms. The van der Waals surface area contributed by atoms with Crippen LogP contribution in [0.5, 0.6) is 0 Å². The molecule has 0 saturated carbocycles. The lowest BCUT2D eigenvalue weighted by Gasteiger charge is -2.11. The Morgan fingerprint density at radius 1 is 1.21 bits per heavy atom.